The van der Waals surface area contributed by atoms with Crippen LogP contribution in [0.2, 0.25) is 5.02 Å². The van der Waals surface area contributed by atoms with E-state index in [0.717, 1.165) is 6.42 Å². The molecule has 1 aromatic rings. The van der Waals surface area contributed by atoms with Crippen molar-refractivity contribution in [3.8, 4) is 0 Å². The fraction of sp³-hybridized carbons (Fsp3) is 0.625. The molecule has 0 aliphatic heterocycles. The van der Waals surface area contributed by atoms with Gasteiger partial charge in [0.25, 0.3) is 0 Å². The molecule has 0 aliphatic rings. The van der Waals surface area contributed by atoms with Crippen molar-refractivity contribution in [1.82, 2.24) is 5.32 Å². The molecule has 0 heterocycles. The van der Waals surface area contributed by atoms with Crippen LogP contribution in [0.5, 0.6) is 0 Å². The van der Waals surface area contributed by atoms with Gasteiger partial charge in [-0.05, 0) is 43.4 Å². The van der Waals surface area contributed by atoms with Gasteiger partial charge in [-0.1, -0.05) is 45.4 Å². The van der Waals surface area contributed by atoms with Crippen LogP contribution in [0.15, 0.2) is 18.2 Å². The van der Waals surface area contributed by atoms with Gasteiger partial charge in [-0.3, -0.25) is 0 Å². The van der Waals surface area contributed by atoms with Crippen LogP contribution in [0.1, 0.15) is 39.7 Å². The Morgan fingerprint density at radius 3 is 2.42 bits per heavy atom. The molecule has 1 N–H and O–H groups in total. The first-order valence-electron chi connectivity index (χ1n) is 6.85. The molecule has 0 aromatic heterocycles. The van der Waals surface area contributed by atoms with E-state index >= 15 is 0 Å². The SMILES string of the molecule is CNC(Cc1c(F)cccc1Cl)CC(C)C(C)(C)C. The highest BCUT2D eigenvalue weighted by Gasteiger charge is 2.24. The average Bonchev–Trinajstić information content (AvgIpc) is 2.31. The smallest absolute Gasteiger partial charge is 0.127 e. The van der Waals surface area contributed by atoms with E-state index < -0.39 is 0 Å². The van der Waals surface area contributed by atoms with Crippen LogP contribution in [-0.2, 0) is 6.42 Å². The number of rotatable bonds is 5. The summed E-state index contributed by atoms with van der Waals surface area (Å²) in [5.74, 6) is 0.340. The molecule has 0 amide bonds. The Morgan fingerprint density at radius 1 is 1.32 bits per heavy atom. The van der Waals surface area contributed by atoms with Crippen molar-refractivity contribution in [3.63, 3.8) is 0 Å². The van der Waals surface area contributed by atoms with Crippen molar-refractivity contribution in [3.05, 3.63) is 34.6 Å². The summed E-state index contributed by atoms with van der Waals surface area (Å²) in [6.45, 7) is 8.95. The molecular formula is C16H25ClFN. The maximum atomic E-state index is 13.8. The standard InChI is InChI=1S/C16H25ClFN/c1-11(16(2,3)4)9-12(19-5)10-13-14(17)7-6-8-15(13)18/h6-8,11-12,19H,9-10H2,1-5H3. The first-order valence-corrected chi connectivity index (χ1v) is 7.23. The average molecular weight is 286 g/mol. The highest BCUT2D eigenvalue weighted by molar-refractivity contribution is 6.31. The predicted octanol–water partition coefficient (Wildman–Crippen LogP) is 4.68. The molecule has 1 nitrogen and oxygen atoms in total. The number of hydrogen-bond acceptors (Lipinski definition) is 1. The summed E-state index contributed by atoms with van der Waals surface area (Å²) in [5.41, 5.74) is 0.873. The Morgan fingerprint density at radius 2 is 1.95 bits per heavy atom. The van der Waals surface area contributed by atoms with Crippen molar-refractivity contribution in [1.29, 1.82) is 0 Å². The molecule has 0 radical (unpaired) electrons. The zero-order valence-electron chi connectivity index (χ0n) is 12.6. The van der Waals surface area contributed by atoms with Gasteiger partial charge < -0.3 is 5.32 Å². The number of nitrogens with one attached hydrogen (secondary N) is 1. The lowest BCUT2D eigenvalue weighted by atomic mass is 9.78. The minimum Gasteiger partial charge on any atom is -0.317 e. The molecular weight excluding hydrogens is 261 g/mol. The van der Waals surface area contributed by atoms with Crippen LogP contribution in [0, 0.1) is 17.2 Å². The molecule has 0 aliphatic carbocycles. The molecule has 0 fully saturated rings. The zero-order valence-corrected chi connectivity index (χ0v) is 13.3. The fourth-order valence-electron chi connectivity index (χ4n) is 2.06. The summed E-state index contributed by atoms with van der Waals surface area (Å²) >= 11 is 6.09. The van der Waals surface area contributed by atoms with Gasteiger partial charge in [0.2, 0.25) is 0 Å². The molecule has 0 saturated heterocycles. The van der Waals surface area contributed by atoms with E-state index in [1.54, 1.807) is 12.1 Å². The second kappa shape index (κ2) is 6.71. The van der Waals surface area contributed by atoms with Gasteiger partial charge in [-0.25, -0.2) is 4.39 Å². The summed E-state index contributed by atoms with van der Waals surface area (Å²) < 4.78 is 13.8. The minimum absolute atomic E-state index is 0.212. The van der Waals surface area contributed by atoms with E-state index in [2.05, 4.69) is 33.0 Å². The summed E-state index contributed by atoms with van der Waals surface area (Å²) in [6.07, 6.45) is 1.63. The largest absolute Gasteiger partial charge is 0.317 e. The predicted molar refractivity (Wildman–Crippen MR) is 81.2 cm³/mol. The Labute approximate surface area is 121 Å². The topological polar surface area (TPSA) is 12.0 Å². The molecule has 3 heteroatoms. The van der Waals surface area contributed by atoms with Crippen molar-refractivity contribution < 1.29 is 4.39 Å². The van der Waals surface area contributed by atoms with E-state index in [1.807, 2.05) is 7.05 Å². The summed E-state index contributed by atoms with van der Waals surface area (Å²) in [5, 5.41) is 3.80. The van der Waals surface area contributed by atoms with Gasteiger partial charge in [0.1, 0.15) is 5.82 Å². The lowest BCUT2D eigenvalue weighted by Gasteiger charge is -2.31. The number of halogens is 2. The third kappa shape index (κ3) is 4.77. The van der Waals surface area contributed by atoms with Crippen LogP contribution in [0.4, 0.5) is 4.39 Å². The van der Waals surface area contributed by atoms with Crippen LogP contribution in [0.3, 0.4) is 0 Å². The highest BCUT2D eigenvalue weighted by Crippen LogP contribution is 2.30. The van der Waals surface area contributed by atoms with E-state index in [4.69, 9.17) is 11.6 Å². The Hall–Kier alpha value is -0.600. The first kappa shape index (κ1) is 16.5. The maximum Gasteiger partial charge on any atom is 0.127 e. The van der Waals surface area contributed by atoms with Gasteiger partial charge >= 0.3 is 0 Å². The van der Waals surface area contributed by atoms with Gasteiger partial charge in [0.15, 0.2) is 0 Å². The van der Waals surface area contributed by atoms with E-state index in [-0.39, 0.29) is 17.3 Å². The van der Waals surface area contributed by atoms with Crippen LogP contribution >= 0.6 is 11.6 Å². The second-order valence-corrected chi connectivity index (χ2v) is 6.80. The number of benzene rings is 1. The lowest BCUT2D eigenvalue weighted by molar-refractivity contribution is 0.224. The molecule has 0 bridgehead atoms. The van der Waals surface area contributed by atoms with Crippen LogP contribution in [0.25, 0.3) is 0 Å². The Kier molecular flexibility index (Phi) is 5.82. The Bertz CT molecular complexity index is 391. The molecule has 0 saturated carbocycles. The van der Waals surface area contributed by atoms with Crippen molar-refractivity contribution in [2.24, 2.45) is 11.3 Å². The van der Waals surface area contributed by atoms with E-state index in [1.165, 1.54) is 6.07 Å². The van der Waals surface area contributed by atoms with Gasteiger partial charge in [0, 0.05) is 16.6 Å². The van der Waals surface area contributed by atoms with Crippen molar-refractivity contribution in [2.45, 2.75) is 46.6 Å². The minimum atomic E-state index is -0.212. The van der Waals surface area contributed by atoms with Crippen LogP contribution < -0.4 is 5.32 Å². The second-order valence-electron chi connectivity index (χ2n) is 6.39. The third-order valence-electron chi connectivity index (χ3n) is 4.04. The Balaban J connectivity index is 2.78. The lowest BCUT2D eigenvalue weighted by Crippen LogP contribution is -2.33. The molecule has 1 aromatic carbocycles. The van der Waals surface area contributed by atoms with E-state index in [0.29, 0.717) is 22.9 Å². The number of hydrogen-bond donors (Lipinski definition) is 1. The summed E-state index contributed by atoms with van der Waals surface area (Å²) in [4.78, 5) is 0. The monoisotopic (exact) mass is 285 g/mol. The van der Waals surface area contributed by atoms with Gasteiger partial charge in [-0.2, -0.15) is 0 Å². The van der Waals surface area contributed by atoms with Crippen molar-refractivity contribution in [2.75, 3.05) is 7.05 Å². The summed E-state index contributed by atoms with van der Waals surface area (Å²) in [7, 11) is 1.93. The van der Waals surface area contributed by atoms with Gasteiger partial charge in [-0.15, -0.1) is 0 Å². The molecule has 1 rings (SSSR count). The maximum absolute atomic E-state index is 13.8. The van der Waals surface area contributed by atoms with Crippen LogP contribution in [-0.4, -0.2) is 13.1 Å². The van der Waals surface area contributed by atoms with Gasteiger partial charge in [0.05, 0.1) is 0 Å². The van der Waals surface area contributed by atoms with E-state index in [9.17, 15) is 4.39 Å². The number of likely N-dealkylation sites (N-methyl/N-ethyl adjacent to an activating group) is 1. The quantitative estimate of drug-likeness (QED) is 0.828. The molecule has 19 heavy (non-hydrogen) atoms. The fourth-order valence-corrected chi connectivity index (χ4v) is 2.30. The van der Waals surface area contributed by atoms with Crippen molar-refractivity contribution >= 4 is 11.6 Å². The summed E-state index contributed by atoms with van der Waals surface area (Å²) in [6, 6.07) is 5.11. The molecule has 2 atom stereocenters. The highest BCUT2D eigenvalue weighted by atomic mass is 35.5. The normalized spacial score (nSPS) is 15.3. The third-order valence-corrected chi connectivity index (χ3v) is 4.39. The molecule has 2 unspecified atom stereocenters. The first-order chi connectivity index (χ1) is 8.75. The zero-order chi connectivity index (χ0) is 14.6. The molecule has 108 valence electrons. The molecule has 0 spiro atoms.